The highest BCUT2D eigenvalue weighted by molar-refractivity contribution is 14.0. The SMILES string of the molecule is CN=C(NCCNC(=O)OC(C)(C)C)NCCC1=CCOCC1.I. The van der Waals surface area contributed by atoms with Gasteiger partial charge in [-0.3, -0.25) is 4.99 Å². The van der Waals surface area contributed by atoms with Gasteiger partial charge in [0.05, 0.1) is 13.2 Å². The molecule has 140 valence electrons. The average molecular weight is 454 g/mol. The van der Waals surface area contributed by atoms with Crippen molar-refractivity contribution in [1.29, 1.82) is 0 Å². The van der Waals surface area contributed by atoms with Crippen molar-refractivity contribution >= 4 is 36.0 Å². The van der Waals surface area contributed by atoms with Crippen molar-refractivity contribution in [3.05, 3.63) is 11.6 Å². The summed E-state index contributed by atoms with van der Waals surface area (Å²) < 4.78 is 10.4. The quantitative estimate of drug-likeness (QED) is 0.188. The fraction of sp³-hybridized carbons (Fsp3) is 0.750. The van der Waals surface area contributed by atoms with Crippen molar-refractivity contribution in [3.63, 3.8) is 0 Å². The first-order valence-electron chi connectivity index (χ1n) is 8.08. The number of ether oxygens (including phenoxy) is 2. The highest BCUT2D eigenvalue weighted by Gasteiger charge is 2.15. The van der Waals surface area contributed by atoms with Gasteiger partial charge in [-0.25, -0.2) is 4.79 Å². The molecule has 1 amide bonds. The Bertz CT molecular complexity index is 434. The third kappa shape index (κ3) is 11.5. The van der Waals surface area contributed by atoms with E-state index in [-0.39, 0.29) is 24.0 Å². The monoisotopic (exact) mass is 454 g/mol. The Morgan fingerprint density at radius 3 is 2.50 bits per heavy atom. The lowest BCUT2D eigenvalue weighted by atomic mass is 10.1. The van der Waals surface area contributed by atoms with E-state index >= 15 is 0 Å². The van der Waals surface area contributed by atoms with Gasteiger partial charge in [0.25, 0.3) is 0 Å². The third-order valence-corrected chi connectivity index (χ3v) is 3.11. The molecular formula is C16H31IN4O3. The number of hydrogen-bond acceptors (Lipinski definition) is 4. The highest BCUT2D eigenvalue weighted by Crippen LogP contribution is 2.10. The average Bonchev–Trinajstić information content (AvgIpc) is 2.49. The molecule has 8 heteroatoms. The zero-order valence-electron chi connectivity index (χ0n) is 15.1. The molecular weight excluding hydrogens is 423 g/mol. The van der Waals surface area contributed by atoms with Crippen LogP contribution in [0.25, 0.3) is 0 Å². The molecule has 1 heterocycles. The Hall–Kier alpha value is -1.03. The number of hydrogen-bond donors (Lipinski definition) is 3. The predicted octanol–water partition coefficient (Wildman–Crippen LogP) is 2.03. The maximum absolute atomic E-state index is 11.5. The van der Waals surface area contributed by atoms with E-state index < -0.39 is 11.7 Å². The van der Waals surface area contributed by atoms with E-state index in [2.05, 4.69) is 27.0 Å². The van der Waals surface area contributed by atoms with Gasteiger partial charge in [-0.2, -0.15) is 0 Å². The van der Waals surface area contributed by atoms with E-state index in [1.165, 1.54) is 5.57 Å². The lowest BCUT2D eigenvalue weighted by Crippen LogP contribution is -2.42. The second-order valence-corrected chi connectivity index (χ2v) is 6.29. The summed E-state index contributed by atoms with van der Waals surface area (Å²) in [5, 5.41) is 9.10. The number of alkyl carbamates (subject to hydrolysis) is 1. The summed E-state index contributed by atoms with van der Waals surface area (Å²) in [6.45, 7) is 8.92. The van der Waals surface area contributed by atoms with E-state index in [1.54, 1.807) is 7.05 Å². The first-order chi connectivity index (χ1) is 10.9. The standard InChI is InChI=1S/C16H30N4O3.HI/c1-16(2,3)23-15(21)20-10-9-19-14(17-4)18-8-5-13-6-11-22-12-7-13;/h6H,5,7-12H2,1-4H3,(H,20,21)(H2,17,18,19);1H. The summed E-state index contributed by atoms with van der Waals surface area (Å²) in [6.07, 6.45) is 3.73. The Kier molecular flexibility index (Phi) is 11.8. The Balaban J connectivity index is 0.00000529. The van der Waals surface area contributed by atoms with Crippen molar-refractivity contribution in [2.45, 2.75) is 39.2 Å². The number of amides is 1. The molecule has 1 aliphatic heterocycles. The molecule has 0 atom stereocenters. The van der Waals surface area contributed by atoms with Crippen LogP contribution in [0.1, 0.15) is 33.6 Å². The number of nitrogens with zero attached hydrogens (tertiary/aromatic N) is 1. The summed E-state index contributed by atoms with van der Waals surface area (Å²) in [7, 11) is 1.73. The Morgan fingerprint density at radius 2 is 1.92 bits per heavy atom. The lowest BCUT2D eigenvalue weighted by Gasteiger charge is -2.20. The summed E-state index contributed by atoms with van der Waals surface area (Å²) in [5.41, 5.74) is 0.944. The number of carbonyl (C=O) groups excluding carboxylic acids is 1. The van der Waals surface area contributed by atoms with Crippen LogP contribution in [-0.4, -0.2) is 57.5 Å². The van der Waals surface area contributed by atoms with E-state index in [0.717, 1.165) is 38.6 Å². The molecule has 0 saturated carbocycles. The van der Waals surface area contributed by atoms with Gasteiger partial charge in [-0.15, -0.1) is 24.0 Å². The van der Waals surface area contributed by atoms with Crippen LogP contribution in [-0.2, 0) is 9.47 Å². The summed E-state index contributed by atoms with van der Waals surface area (Å²) in [4.78, 5) is 15.6. The minimum Gasteiger partial charge on any atom is -0.444 e. The van der Waals surface area contributed by atoms with Gasteiger partial charge in [0.15, 0.2) is 5.96 Å². The maximum Gasteiger partial charge on any atom is 0.407 e. The molecule has 1 rings (SSSR count). The van der Waals surface area contributed by atoms with Gasteiger partial charge in [-0.05, 0) is 33.6 Å². The second-order valence-electron chi connectivity index (χ2n) is 6.29. The summed E-state index contributed by atoms with van der Waals surface area (Å²) in [5.74, 6) is 0.726. The van der Waals surface area contributed by atoms with Crippen molar-refractivity contribution in [2.75, 3.05) is 39.9 Å². The molecule has 0 bridgehead atoms. The number of guanidine groups is 1. The van der Waals surface area contributed by atoms with Crippen LogP contribution in [0.15, 0.2) is 16.6 Å². The zero-order chi connectivity index (χ0) is 17.1. The van der Waals surface area contributed by atoms with Crippen LogP contribution in [0.3, 0.4) is 0 Å². The molecule has 0 unspecified atom stereocenters. The van der Waals surface area contributed by atoms with Crippen molar-refractivity contribution in [3.8, 4) is 0 Å². The zero-order valence-corrected chi connectivity index (χ0v) is 17.4. The predicted molar refractivity (Wildman–Crippen MR) is 107 cm³/mol. The number of halogens is 1. The number of aliphatic imine (C=N–C) groups is 1. The molecule has 0 aromatic carbocycles. The number of carbonyl (C=O) groups is 1. The van der Waals surface area contributed by atoms with Gasteiger partial charge in [0, 0.05) is 26.7 Å². The molecule has 24 heavy (non-hydrogen) atoms. The molecule has 0 aromatic rings. The molecule has 0 aliphatic carbocycles. The van der Waals surface area contributed by atoms with Gasteiger partial charge >= 0.3 is 6.09 Å². The smallest absolute Gasteiger partial charge is 0.407 e. The lowest BCUT2D eigenvalue weighted by molar-refractivity contribution is 0.0529. The first-order valence-corrected chi connectivity index (χ1v) is 8.08. The highest BCUT2D eigenvalue weighted by atomic mass is 127. The van der Waals surface area contributed by atoms with Gasteiger partial charge in [0.2, 0.25) is 0 Å². The Morgan fingerprint density at radius 1 is 1.25 bits per heavy atom. The van der Waals surface area contributed by atoms with Crippen LogP contribution in [0.2, 0.25) is 0 Å². The number of nitrogens with one attached hydrogen (secondary N) is 3. The van der Waals surface area contributed by atoms with Crippen LogP contribution < -0.4 is 16.0 Å². The maximum atomic E-state index is 11.5. The molecule has 7 nitrogen and oxygen atoms in total. The van der Waals surface area contributed by atoms with Crippen molar-refractivity contribution in [1.82, 2.24) is 16.0 Å². The van der Waals surface area contributed by atoms with Crippen LogP contribution in [0, 0.1) is 0 Å². The summed E-state index contributed by atoms with van der Waals surface area (Å²) in [6, 6.07) is 0. The fourth-order valence-corrected chi connectivity index (χ4v) is 2.01. The van der Waals surface area contributed by atoms with Gasteiger partial charge < -0.3 is 25.4 Å². The second kappa shape index (κ2) is 12.3. The van der Waals surface area contributed by atoms with Crippen LogP contribution in [0.4, 0.5) is 4.79 Å². The molecule has 1 aliphatic rings. The van der Waals surface area contributed by atoms with Gasteiger partial charge in [0.1, 0.15) is 5.60 Å². The molecule has 0 saturated heterocycles. The van der Waals surface area contributed by atoms with Crippen molar-refractivity contribution < 1.29 is 14.3 Å². The van der Waals surface area contributed by atoms with Crippen LogP contribution >= 0.6 is 24.0 Å². The van der Waals surface area contributed by atoms with Crippen LogP contribution in [0.5, 0.6) is 0 Å². The molecule has 0 spiro atoms. The topological polar surface area (TPSA) is 84.0 Å². The summed E-state index contributed by atoms with van der Waals surface area (Å²) >= 11 is 0. The van der Waals surface area contributed by atoms with E-state index in [4.69, 9.17) is 9.47 Å². The molecule has 0 aromatic heterocycles. The normalized spacial score (nSPS) is 15.0. The molecule has 3 N–H and O–H groups in total. The first kappa shape index (κ1) is 23.0. The minimum atomic E-state index is -0.478. The van der Waals surface area contributed by atoms with Crippen molar-refractivity contribution in [2.24, 2.45) is 4.99 Å². The number of rotatable bonds is 6. The van der Waals surface area contributed by atoms with E-state index in [9.17, 15) is 4.79 Å². The fourth-order valence-electron chi connectivity index (χ4n) is 2.01. The largest absolute Gasteiger partial charge is 0.444 e. The molecule has 0 radical (unpaired) electrons. The molecule has 0 fully saturated rings. The van der Waals surface area contributed by atoms with E-state index in [0.29, 0.717) is 13.1 Å². The van der Waals surface area contributed by atoms with Gasteiger partial charge in [-0.1, -0.05) is 11.6 Å². The minimum absolute atomic E-state index is 0. The third-order valence-electron chi connectivity index (χ3n) is 3.11. The van der Waals surface area contributed by atoms with E-state index in [1.807, 2.05) is 20.8 Å². The Labute approximate surface area is 162 Å².